The summed E-state index contributed by atoms with van der Waals surface area (Å²) in [5.41, 5.74) is 1.11. The number of para-hydroxylation sites is 1. The molecule has 0 spiro atoms. The lowest BCUT2D eigenvalue weighted by molar-refractivity contribution is 0.338. The normalized spacial score (nSPS) is 12.6. The molecule has 0 aliphatic heterocycles. The fourth-order valence-corrected chi connectivity index (χ4v) is 1.99. The molecule has 1 N–H and O–H groups in total. The molecule has 1 unspecified atom stereocenters. The van der Waals surface area contributed by atoms with Gasteiger partial charge in [-0.05, 0) is 27.1 Å². The molecule has 1 atom stereocenters. The third-order valence-corrected chi connectivity index (χ3v) is 2.76. The van der Waals surface area contributed by atoms with E-state index in [1.807, 2.05) is 12.1 Å². The van der Waals surface area contributed by atoms with Gasteiger partial charge in [0, 0.05) is 24.7 Å². The summed E-state index contributed by atoms with van der Waals surface area (Å²) in [5.74, 6) is 1.58. The van der Waals surface area contributed by atoms with Gasteiger partial charge < -0.3 is 19.7 Å². The van der Waals surface area contributed by atoms with Crippen molar-refractivity contribution in [3.8, 4) is 11.5 Å². The van der Waals surface area contributed by atoms with Crippen molar-refractivity contribution in [2.75, 3.05) is 34.9 Å². The van der Waals surface area contributed by atoms with Gasteiger partial charge in [0.25, 0.3) is 0 Å². The van der Waals surface area contributed by atoms with E-state index in [4.69, 9.17) is 9.47 Å². The number of hydrogen-bond acceptors (Lipinski definition) is 4. The lowest BCUT2D eigenvalue weighted by Crippen LogP contribution is -2.35. The van der Waals surface area contributed by atoms with Crippen LogP contribution in [0.2, 0.25) is 0 Å². The fraction of sp³-hybridized carbons (Fsp3) is 0.571. The summed E-state index contributed by atoms with van der Waals surface area (Å²) in [6.45, 7) is 3.95. The first-order valence-electron chi connectivity index (χ1n) is 6.16. The van der Waals surface area contributed by atoms with Gasteiger partial charge in [-0.1, -0.05) is 12.1 Å². The molecular weight excluding hydrogens is 228 g/mol. The number of nitrogens with zero attached hydrogens (tertiary/aromatic N) is 1. The summed E-state index contributed by atoms with van der Waals surface area (Å²) in [7, 11) is 7.48. The first-order chi connectivity index (χ1) is 8.58. The molecule has 0 fully saturated rings. The van der Waals surface area contributed by atoms with Crippen molar-refractivity contribution in [1.82, 2.24) is 10.2 Å². The van der Waals surface area contributed by atoms with E-state index in [2.05, 4.69) is 37.3 Å². The zero-order valence-corrected chi connectivity index (χ0v) is 12.0. The van der Waals surface area contributed by atoms with Crippen LogP contribution in [0.3, 0.4) is 0 Å². The Balaban J connectivity index is 2.67. The van der Waals surface area contributed by atoms with E-state index in [9.17, 15) is 0 Å². The first-order valence-corrected chi connectivity index (χ1v) is 6.16. The zero-order valence-electron chi connectivity index (χ0n) is 12.0. The maximum atomic E-state index is 5.41. The second kappa shape index (κ2) is 7.24. The molecule has 1 aromatic carbocycles. The molecule has 18 heavy (non-hydrogen) atoms. The molecule has 0 aliphatic carbocycles. The van der Waals surface area contributed by atoms with Gasteiger partial charge in [0.1, 0.15) is 0 Å². The molecule has 0 heterocycles. The lowest BCUT2D eigenvalue weighted by Gasteiger charge is -2.19. The van der Waals surface area contributed by atoms with Crippen LogP contribution in [0.5, 0.6) is 11.5 Å². The maximum absolute atomic E-state index is 5.41. The van der Waals surface area contributed by atoms with Crippen LogP contribution in [0.25, 0.3) is 0 Å². The van der Waals surface area contributed by atoms with Gasteiger partial charge >= 0.3 is 0 Å². The third kappa shape index (κ3) is 4.20. The van der Waals surface area contributed by atoms with Crippen molar-refractivity contribution in [3.63, 3.8) is 0 Å². The van der Waals surface area contributed by atoms with Crippen molar-refractivity contribution in [2.45, 2.75) is 19.5 Å². The predicted octanol–water partition coefficient (Wildman–Crippen LogP) is 1.74. The number of methoxy groups -OCH3 is 2. The van der Waals surface area contributed by atoms with Gasteiger partial charge in [-0.25, -0.2) is 0 Å². The Bertz CT molecular complexity index is 367. The largest absolute Gasteiger partial charge is 0.493 e. The minimum Gasteiger partial charge on any atom is -0.493 e. The molecule has 0 bridgehead atoms. The molecule has 0 radical (unpaired) electrons. The van der Waals surface area contributed by atoms with Crippen molar-refractivity contribution >= 4 is 0 Å². The van der Waals surface area contributed by atoms with E-state index in [1.165, 1.54) is 0 Å². The SMILES string of the molecule is COc1cccc(CNC(C)CN(C)C)c1OC. The number of ether oxygens (including phenoxy) is 2. The highest BCUT2D eigenvalue weighted by Gasteiger charge is 2.10. The molecule has 102 valence electrons. The van der Waals surface area contributed by atoms with Gasteiger partial charge in [-0.3, -0.25) is 0 Å². The van der Waals surface area contributed by atoms with Crippen LogP contribution in [0, 0.1) is 0 Å². The molecule has 0 saturated heterocycles. The van der Waals surface area contributed by atoms with Crippen LogP contribution in [-0.4, -0.2) is 45.8 Å². The average Bonchev–Trinajstić information content (AvgIpc) is 2.34. The van der Waals surface area contributed by atoms with Gasteiger partial charge in [0.2, 0.25) is 0 Å². The van der Waals surface area contributed by atoms with Crippen LogP contribution >= 0.6 is 0 Å². The molecular formula is C14H24N2O2. The fourth-order valence-electron chi connectivity index (χ4n) is 1.99. The number of nitrogens with one attached hydrogen (secondary N) is 1. The Hall–Kier alpha value is -1.26. The van der Waals surface area contributed by atoms with Crippen molar-refractivity contribution in [3.05, 3.63) is 23.8 Å². The highest BCUT2D eigenvalue weighted by Crippen LogP contribution is 2.30. The molecule has 4 heteroatoms. The van der Waals surface area contributed by atoms with E-state index in [0.29, 0.717) is 6.04 Å². The minimum absolute atomic E-state index is 0.427. The third-order valence-electron chi connectivity index (χ3n) is 2.76. The second-order valence-electron chi connectivity index (χ2n) is 4.70. The molecule has 1 rings (SSSR count). The van der Waals surface area contributed by atoms with Gasteiger partial charge in [-0.2, -0.15) is 0 Å². The van der Waals surface area contributed by atoms with Crippen LogP contribution < -0.4 is 14.8 Å². The summed E-state index contributed by atoms with van der Waals surface area (Å²) in [5, 5.41) is 3.48. The Morgan fingerprint density at radius 3 is 2.50 bits per heavy atom. The minimum atomic E-state index is 0.427. The van der Waals surface area contributed by atoms with Gasteiger partial charge in [0.15, 0.2) is 11.5 Å². The maximum Gasteiger partial charge on any atom is 0.165 e. The van der Waals surface area contributed by atoms with Crippen molar-refractivity contribution in [2.24, 2.45) is 0 Å². The van der Waals surface area contributed by atoms with Crippen LogP contribution in [0.4, 0.5) is 0 Å². The molecule has 0 amide bonds. The summed E-state index contributed by atoms with van der Waals surface area (Å²) < 4.78 is 10.7. The Kier molecular flexibility index (Phi) is 5.95. The monoisotopic (exact) mass is 252 g/mol. The first kappa shape index (κ1) is 14.8. The second-order valence-corrected chi connectivity index (χ2v) is 4.70. The topological polar surface area (TPSA) is 33.7 Å². The van der Waals surface area contributed by atoms with Crippen LogP contribution in [0.1, 0.15) is 12.5 Å². The van der Waals surface area contributed by atoms with Crippen molar-refractivity contribution in [1.29, 1.82) is 0 Å². The summed E-state index contributed by atoms with van der Waals surface area (Å²) >= 11 is 0. The molecule has 0 saturated carbocycles. The standard InChI is InChI=1S/C14H24N2O2/c1-11(10-16(2)3)15-9-12-7-6-8-13(17-4)14(12)18-5/h6-8,11,15H,9-10H2,1-5H3. The Labute approximate surface area is 110 Å². The summed E-state index contributed by atoms with van der Waals surface area (Å²) in [6.07, 6.45) is 0. The zero-order chi connectivity index (χ0) is 13.5. The van der Waals surface area contributed by atoms with Gasteiger partial charge in [-0.15, -0.1) is 0 Å². The number of likely N-dealkylation sites (N-methyl/N-ethyl adjacent to an activating group) is 1. The Morgan fingerprint density at radius 2 is 1.94 bits per heavy atom. The molecule has 0 aromatic heterocycles. The van der Waals surface area contributed by atoms with E-state index in [0.717, 1.165) is 30.2 Å². The summed E-state index contributed by atoms with van der Waals surface area (Å²) in [6, 6.07) is 6.37. The van der Waals surface area contributed by atoms with E-state index < -0.39 is 0 Å². The average molecular weight is 252 g/mol. The Morgan fingerprint density at radius 1 is 1.22 bits per heavy atom. The van der Waals surface area contributed by atoms with E-state index in [1.54, 1.807) is 14.2 Å². The quantitative estimate of drug-likeness (QED) is 0.801. The molecule has 0 aliphatic rings. The van der Waals surface area contributed by atoms with Crippen molar-refractivity contribution < 1.29 is 9.47 Å². The highest BCUT2D eigenvalue weighted by atomic mass is 16.5. The molecule has 4 nitrogen and oxygen atoms in total. The number of benzene rings is 1. The summed E-state index contributed by atoms with van der Waals surface area (Å²) in [4.78, 5) is 2.17. The van der Waals surface area contributed by atoms with E-state index >= 15 is 0 Å². The van der Waals surface area contributed by atoms with Crippen LogP contribution in [-0.2, 0) is 6.54 Å². The van der Waals surface area contributed by atoms with Crippen LogP contribution in [0.15, 0.2) is 18.2 Å². The number of hydrogen-bond donors (Lipinski definition) is 1. The molecule has 1 aromatic rings. The van der Waals surface area contributed by atoms with Gasteiger partial charge in [0.05, 0.1) is 14.2 Å². The predicted molar refractivity (Wildman–Crippen MR) is 74.4 cm³/mol. The van der Waals surface area contributed by atoms with E-state index in [-0.39, 0.29) is 0 Å². The number of rotatable bonds is 7. The highest BCUT2D eigenvalue weighted by molar-refractivity contribution is 5.46. The lowest BCUT2D eigenvalue weighted by atomic mass is 10.1. The smallest absolute Gasteiger partial charge is 0.165 e.